The molecule has 0 amide bonds. The Morgan fingerprint density at radius 2 is 2.18 bits per heavy atom. The highest BCUT2D eigenvalue weighted by molar-refractivity contribution is 7.12. The zero-order valence-electron chi connectivity index (χ0n) is 9.75. The van der Waals surface area contributed by atoms with E-state index in [1.165, 1.54) is 6.07 Å². The van der Waals surface area contributed by atoms with Crippen molar-refractivity contribution in [3.8, 4) is 5.75 Å². The molecule has 0 radical (unpaired) electrons. The van der Waals surface area contributed by atoms with Crippen LogP contribution in [0.5, 0.6) is 5.75 Å². The molecule has 1 atom stereocenters. The maximum Gasteiger partial charge on any atom is 0.346 e. The molecule has 0 fully saturated rings. The molecule has 1 heterocycles. The fourth-order valence-electron chi connectivity index (χ4n) is 1.05. The second kappa shape index (κ2) is 6.58. The molecule has 2 N–H and O–H groups in total. The van der Waals surface area contributed by atoms with E-state index < -0.39 is 12.1 Å². The lowest BCUT2D eigenvalue weighted by Gasteiger charge is -2.13. The van der Waals surface area contributed by atoms with Crippen LogP contribution in [0.25, 0.3) is 0 Å². The van der Waals surface area contributed by atoms with Crippen LogP contribution in [0.3, 0.4) is 0 Å². The molecule has 0 saturated heterocycles. The van der Waals surface area contributed by atoms with Gasteiger partial charge in [0.05, 0.1) is 12.7 Å². The minimum Gasteiger partial charge on any atom is -0.490 e. The van der Waals surface area contributed by atoms with Gasteiger partial charge in [-0.1, -0.05) is 0 Å². The number of hydrogen-bond donors (Lipinski definition) is 2. The lowest BCUT2D eigenvalue weighted by molar-refractivity contribution is -0.0122. The third-order valence-corrected chi connectivity index (χ3v) is 2.75. The average molecular weight is 260 g/mol. The molecule has 1 aromatic rings. The van der Waals surface area contributed by atoms with Gasteiger partial charge in [0.2, 0.25) is 0 Å². The number of aliphatic hydroxyl groups excluding tert-OH is 1. The van der Waals surface area contributed by atoms with Gasteiger partial charge in [-0.3, -0.25) is 0 Å². The van der Waals surface area contributed by atoms with Gasteiger partial charge in [0.1, 0.15) is 23.3 Å². The van der Waals surface area contributed by atoms with E-state index >= 15 is 0 Å². The van der Waals surface area contributed by atoms with E-state index in [0.29, 0.717) is 5.75 Å². The topological polar surface area (TPSA) is 76.0 Å². The van der Waals surface area contributed by atoms with Crippen molar-refractivity contribution < 1.29 is 24.5 Å². The highest BCUT2D eigenvalue weighted by atomic mass is 32.1. The van der Waals surface area contributed by atoms with E-state index in [-0.39, 0.29) is 24.2 Å². The molecule has 0 aliphatic rings. The van der Waals surface area contributed by atoms with Crippen LogP contribution in [0.2, 0.25) is 0 Å². The molecular formula is C11H16O5S. The molecule has 6 heteroatoms. The van der Waals surface area contributed by atoms with Gasteiger partial charge in [-0.2, -0.15) is 0 Å². The Morgan fingerprint density at radius 3 is 2.71 bits per heavy atom. The molecule has 1 unspecified atom stereocenters. The molecule has 1 aromatic heterocycles. The van der Waals surface area contributed by atoms with Gasteiger partial charge in [-0.05, 0) is 13.8 Å². The molecule has 96 valence electrons. The maximum absolute atomic E-state index is 10.6. The van der Waals surface area contributed by atoms with Gasteiger partial charge in [0.25, 0.3) is 0 Å². The fraction of sp³-hybridized carbons (Fsp3) is 0.545. The van der Waals surface area contributed by atoms with E-state index in [0.717, 1.165) is 11.3 Å². The monoisotopic (exact) mass is 260 g/mol. The van der Waals surface area contributed by atoms with Gasteiger partial charge in [-0.25, -0.2) is 4.79 Å². The summed E-state index contributed by atoms with van der Waals surface area (Å²) in [5, 5.41) is 19.8. The number of thiophene rings is 1. The van der Waals surface area contributed by atoms with Crippen molar-refractivity contribution >= 4 is 17.3 Å². The predicted octanol–water partition coefficient (Wildman–Crippen LogP) is 1.61. The van der Waals surface area contributed by atoms with Crippen LogP contribution in [0.4, 0.5) is 0 Å². The Kier molecular flexibility index (Phi) is 5.40. The second-order valence-electron chi connectivity index (χ2n) is 3.80. The van der Waals surface area contributed by atoms with E-state index in [9.17, 15) is 9.90 Å². The second-order valence-corrected chi connectivity index (χ2v) is 4.71. The fourth-order valence-corrected chi connectivity index (χ4v) is 1.71. The Balaban J connectivity index is 2.31. The van der Waals surface area contributed by atoms with Crippen molar-refractivity contribution in [2.75, 3.05) is 13.2 Å². The van der Waals surface area contributed by atoms with Crippen molar-refractivity contribution in [2.45, 2.75) is 26.1 Å². The lowest BCUT2D eigenvalue weighted by atomic mass is 10.4. The van der Waals surface area contributed by atoms with E-state index in [2.05, 4.69) is 0 Å². The van der Waals surface area contributed by atoms with Crippen molar-refractivity contribution in [3.63, 3.8) is 0 Å². The number of carboxylic acid groups (broad SMARTS) is 1. The Morgan fingerprint density at radius 1 is 1.47 bits per heavy atom. The smallest absolute Gasteiger partial charge is 0.346 e. The van der Waals surface area contributed by atoms with Gasteiger partial charge in [-0.15, -0.1) is 11.3 Å². The molecule has 0 bridgehead atoms. The molecule has 0 aliphatic heterocycles. The summed E-state index contributed by atoms with van der Waals surface area (Å²) in [5.74, 6) is -0.524. The number of hydrogen-bond acceptors (Lipinski definition) is 5. The van der Waals surface area contributed by atoms with Gasteiger partial charge in [0, 0.05) is 11.4 Å². The summed E-state index contributed by atoms with van der Waals surface area (Å²) in [7, 11) is 0. The van der Waals surface area contributed by atoms with Crippen LogP contribution in [0.15, 0.2) is 11.4 Å². The van der Waals surface area contributed by atoms with Crippen LogP contribution >= 0.6 is 11.3 Å². The normalized spacial score (nSPS) is 12.7. The van der Waals surface area contributed by atoms with Crippen LogP contribution in [0.1, 0.15) is 23.5 Å². The van der Waals surface area contributed by atoms with Crippen LogP contribution in [-0.2, 0) is 4.74 Å². The van der Waals surface area contributed by atoms with Gasteiger partial charge >= 0.3 is 5.97 Å². The third kappa shape index (κ3) is 5.16. The molecule has 0 spiro atoms. The highest BCUT2D eigenvalue weighted by Crippen LogP contribution is 2.21. The number of rotatable bonds is 7. The van der Waals surface area contributed by atoms with Crippen molar-refractivity contribution in [3.05, 3.63) is 16.3 Å². The van der Waals surface area contributed by atoms with E-state index in [1.54, 1.807) is 5.38 Å². The summed E-state index contributed by atoms with van der Waals surface area (Å²) in [4.78, 5) is 10.8. The van der Waals surface area contributed by atoms with Crippen LogP contribution in [-0.4, -0.2) is 41.6 Å². The SMILES string of the molecule is CC(C)OCC(O)COc1csc(C(=O)O)c1. The number of aliphatic hydroxyl groups is 1. The molecule has 0 saturated carbocycles. The molecule has 17 heavy (non-hydrogen) atoms. The average Bonchev–Trinajstić information content (AvgIpc) is 2.72. The Labute approximate surface area is 104 Å². The molecule has 0 aliphatic carbocycles. The quantitative estimate of drug-likeness (QED) is 0.779. The molecule has 0 aromatic carbocycles. The minimum atomic E-state index is -0.978. The Hall–Kier alpha value is -1.11. The predicted molar refractivity (Wildman–Crippen MR) is 63.9 cm³/mol. The van der Waals surface area contributed by atoms with Crippen molar-refractivity contribution in [1.29, 1.82) is 0 Å². The van der Waals surface area contributed by atoms with Crippen molar-refractivity contribution in [1.82, 2.24) is 0 Å². The first kappa shape index (κ1) is 14.0. The summed E-state index contributed by atoms with van der Waals surface area (Å²) in [6, 6.07) is 1.43. The highest BCUT2D eigenvalue weighted by Gasteiger charge is 2.10. The lowest BCUT2D eigenvalue weighted by Crippen LogP contribution is -2.25. The first-order valence-corrected chi connectivity index (χ1v) is 6.11. The summed E-state index contributed by atoms with van der Waals surface area (Å²) < 4.78 is 10.5. The third-order valence-electron chi connectivity index (χ3n) is 1.85. The summed E-state index contributed by atoms with van der Waals surface area (Å²) in [5.41, 5.74) is 0. The molecule has 1 rings (SSSR count). The number of carboxylic acids is 1. The van der Waals surface area contributed by atoms with Gasteiger partial charge < -0.3 is 19.7 Å². The summed E-state index contributed by atoms with van der Waals surface area (Å²) in [6.07, 6.45) is -0.657. The first-order valence-electron chi connectivity index (χ1n) is 5.23. The number of carbonyl (C=O) groups is 1. The summed E-state index contributed by atoms with van der Waals surface area (Å²) >= 11 is 1.09. The standard InChI is InChI=1S/C11H16O5S/c1-7(2)15-4-8(12)5-16-9-3-10(11(13)14)17-6-9/h3,6-8,12H,4-5H2,1-2H3,(H,13,14). The maximum atomic E-state index is 10.6. The van der Waals surface area contributed by atoms with E-state index in [1.807, 2.05) is 13.8 Å². The van der Waals surface area contributed by atoms with Crippen LogP contribution in [0, 0.1) is 0 Å². The number of ether oxygens (including phenoxy) is 2. The Bertz CT molecular complexity index is 360. The first-order chi connectivity index (χ1) is 7.99. The summed E-state index contributed by atoms with van der Waals surface area (Å²) in [6.45, 7) is 4.05. The van der Waals surface area contributed by atoms with Gasteiger partial charge in [0.15, 0.2) is 0 Å². The zero-order valence-corrected chi connectivity index (χ0v) is 10.6. The number of aromatic carboxylic acids is 1. The molecule has 5 nitrogen and oxygen atoms in total. The molecular weight excluding hydrogens is 244 g/mol. The van der Waals surface area contributed by atoms with Crippen LogP contribution < -0.4 is 4.74 Å². The van der Waals surface area contributed by atoms with Crippen molar-refractivity contribution in [2.24, 2.45) is 0 Å². The zero-order chi connectivity index (χ0) is 12.8. The minimum absolute atomic E-state index is 0.0596. The largest absolute Gasteiger partial charge is 0.490 e. The van der Waals surface area contributed by atoms with E-state index in [4.69, 9.17) is 14.6 Å².